The number of carbonyl (C=O) groups excluding carboxylic acids is 2. The smallest absolute Gasteiger partial charge is 0.282 e. The van der Waals surface area contributed by atoms with Crippen LogP contribution in [-0.4, -0.2) is 29.3 Å². The molecule has 0 aromatic heterocycles. The molecule has 25 heavy (non-hydrogen) atoms. The maximum atomic E-state index is 12.7. The first kappa shape index (κ1) is 16.6. The molecule has 1 heterocycles. The van der Waals surface area contributed by atoms with Crippen molar-refractivity contribution in [2.75, 3.05) is 11.4 Å². The van der Waals surface area contributed by atoms with Gasteiger partial charge in [-0.25, -0.2) is 0 Å². The van der Waals surface area contributed by atoms with Gasteiger partial charge in [-0.05, 0) is 31.0 Å². The van der Waals surface area contributed by atoms with E-state index in [-0.39, 0.29) is 17.2 Å². The van der Waals surface area contributed by atoms with Crippen LogP contribution in [0.1, 0.15) is 23.2 Å². The number of benzene rings is 2. The summed E-state index contributed by atoms with van der Waals surface area (Å²) in [6.45, 7) is 0.584. The number of nitro benzene ring substituents is 1. The van der Waals surface area contributed by atoms with Gasteiger partial charge in [0.25, 0.3) is 11.6 Å². The number of carbonyl (C=O) groups is 2. The van der Waals surface area contributed by atoms with Crippen LogP contribution in [0.25, 0.3) is 0 Å². The minimum atomic E-state index is -0.693. The average molecular weight is 339 g/mol. The van der Waals surface area contributed by atoms with E-state index in [9.17, 15) is 19.7 Å². The molecule has 0 saturated carbocycles. The Morgan fingerprint density at radius 2 is 1.80 bits per heavy atom. The molecule has 0 unspecified atom stereocenters. The van der Waals surface area contributed by atoms with Crippen molar-refractivity contribution in [2.45, 2.75) is 18.9 Å². The van der Waals surface area contributed by atoms with Crippen LogP contribution in [0.3, 0.4) is 0 Å². The summed E-state index contributed by atoms with van der Waals surface area (Å²) in [5, 5.41) is 13.7. The number of nitrogens with one attached hydrogen (secondary N) is 1. The van der Waals surface area contributed by atoms with Gasteiger partial charge in [-0.2, -0.15) is 0 Å². The predicted octanol–water partition coefficient (Wildman–Crippen LogP) is 2.52. The van der Waals surface area contributed by atoms with Crippen molar-refractivity contribution in [3.8, 4) is 0 Å². The van der Waals surface area contributed by atoms with E-state index in [1.54, 1.807) is 11.0 Å². The number of nitrogens with zero attached hydrogens (tertiary/aromatic N) is 2. The van der Waals surface area contributed by atoms with E-state index < -0.39 is 16.9 Å². The van der Waals surface area contributed by atoms with Gasteiger partial charge in [0.2, 0.25) is 5.91 Å². The minimum absolute atomic E-state index is 0.0443. The molecule has 2 amide bonds. The monoisotopic (exact) mass is 339 g/mol. The lowest BCUT2D eigenvalue weighted by molar-refractivity contribution is -0.385. The van der Waals surface area contributed by atoms with Gasteiger partial charge in [0.05, 0.1) is 4.92 Å². The number of rotatable bonds is 4. The molecule has 0 spiro atoms. The molecule has 128 valence electrons. The highest BCUT2D eigenvalue weighted by molar-refractivity contribution is 6.04. The zero-order valence-corrected chi connectivity index (χ0v) is 13.4. The lowest BCUT2D eigenvalue weighted by Gasteiger charge is -2.32. The second kappa shape index (κ2) is 7.12. The molecule has 1 atom stereocenters. The number of nitro groups is 1. The van der Waals surface area contributed by atoms with Crippen LogP contribution in [0, 0.1) is 10.1 Å². The van der Waals surface area contributed by atoms with Gasteiger partial charge in [-0.1, -0.05) is 30.3 Å². The van der Waals surface area contributed by atoms with Crippen molar-refractivity contribution in [2.24, 2.45) is 0 Å². The summed E-state index contributed by atoms with van der Waals surface area (Å²) in [6.07, 6.45) is 1.25. The number of hydrogen-bond acceptors (Lipinski definition) is 4. The van der Waals surface area contributed by atoms with Gasteiger partial charge in [-0.15, -0.1) is 0 Å². The van der Waals surface area contributed by atoms with Crippen LogP contribution in [0.15, 0.2) is 54.6 Å². The molecule has 1 fully saturated rings. The van der Waals surface area contributed by atoms with Crippen molar-refractivity contribution >= 4 is 23.2 Å². The first-order valence-corrected chi connectivity index (χ1v) is 7.98. The van der Waals surface area contributed by atoms with Crippen molar-refractivity contribution in [3.63, 3.8) is 0 Å². The summed E-state index contributed by atoms with van der Waals surface area (Å²) in [4.78, 5) is 37.2. The summed E-state index contributed by atoms with van der Waals surface area (Å²) >= 11 is 0. The minimum Gasteiger partial charge on any atom is -0.340 e. The van der Waals surface area contributed by atoms with Gasteiger partial charge >= 0.3 is 0 Å². The van der Waals surface area contributed by atoms with E-state index in [2.05, 4.69) is 5.32 Å². The molecule has 0 radical (unpaired) electrons. The Morgan fingerprint density at radius 1 is 1.12 bits per heavy atom. The van der Waals surface area contributed by atoms with E-state index >= 15 is 0 Å². The van der Waals surface area contributed by atoms with Gasteiger partial charge < -0.3 is 10.2 Å². The molecule has 2 aromatic rings. The maximum absolute atomic E-state index is 12.7. The van der Waals surface area contributed by atoms with Crippen molar-refractivity contribution < 1.29 is 14.5 Å². The molecular formula is C18H17N3O4. The number of anilines is 1. The van der Waals surface area contributed by atoms with Gasteiger partial charge in [0.1, 0.15) is 11.6 Å². The molecule has 3 rings (SSSR count). The Kier molecular flexibility index (Phi) is 4.74. The zero-order chi connectivity index (χ0) is 17.8. The SMILES string of the molecule is O=C(N[C@H]1CCCN(c2ccccc2)C1=O)c1ccccc1[N+](=O)[O-]. The number of hydrogen-bond donors (Lipinski definition) is 1. The van der Waals surface area contributed by atoms with E-state index in [0.717, 1.165) is 12.1 Å². The van der Waals surface area contributed by atoms with E-state index in [4.69, 9.17) is 0 Å². The van der Waals surface area contributed by atoms with E-state index in [1.165, 1.54) is 18.2 Å². The topological polar surface area (TPSA) is 92.6 Å². The Morgan fingerprint density at radius 3 is 2.52 bits per heavy atom. The largest absolute Gasteiger partial charge is 0.340 e. The zero-order valence-electron chi connectivity index (χ0n) is 13.4. The summed E-state index contributed by atoms with van der Waals surface area (Å²) in [7, 11) is 0. The second-order valence-electron chi connectivity index (χ2n) is 5.77. The van der Waals surface area contributed by atoms with E-state index in [1.807, 2.05) is 30.3 Å². The molecule has 1 N–H and O–H groups in total. The normalized spacial score (nSPS) is 17.2. The molecule has 2 aromatic carbocycles. The first-order valence-electron chi connectivity index (χ1n) is 7.98. The molecular weight excluding hydrogens is 322 g/mol. The fourth-order valence-electron chi connectivity index (χ4n) is 2.93. The molecule has 1 aliphatic rings. The quantitative estimate of drug-likeness (QED) is 0.684. The molecule has 7 nitrogen and oxygen atoms in total. The molecule has 1 saturated heterocycles. The Hall–Kier alpha value is -3.22. The second-order valence-corrected chi connectivity index (χ2v) is 5.77. The van der Waals surface area contributed by atoms with Crippen LogP contribution in [-0.2, 0) is 4.79 Å². The fraction of sp³-hybridized carbons (Fsp3) is 0.222. The van der Waals surface area contributed by atoms with Crippen LogP contribution < -0.4 is 10.2 Å². The molecule has 0 bridgehead atoms. The third-order valence-electron chi connectivity index (χ3n) is 4.16. The summed E-state index contributed by atoms with van der Waals surface area (Å²) in [5.74, 6) is -0.815. The maximum Gasteiger partial charge on any atom is 0.282 e. The summed E-state index contributed by atoms with van der Waals surface area (Å²) < 4.78 is 0. The fourth-order valence-corrected chi connectivity index (χ4v) is 2.93. The molecule has 1 aliphatic heterocycles. The predicted molar refractivity (Wildman–Crippen MR) is 92.4 cm³/mol. The lowest BCUT2D eigenvalue weighted by Crippen LogP contribution is -2.52. The van der Waals surface area contributed by atoms with Crippen LogP contribution in [0.5, 0.6) is 0 Å². The highest BCUT2D eigenvalue weighted by Crippen LogP contribution is 2.22. The Labute approximate surface area is 144 Å². The molecule has 0 aliphatic carbocycles. The highest BCUT2D eigenvalue weighted by Gasteiger charge is 2.32. The molecule has 7 heteroatoms. The third kappa shape index (κ3) is 3.50. The standard InChI is InChI=1S/C18H17N3O4/c22-17(14-9-4-5-11-16(14)21(24)25)19-15-10-6-12-20(18(15)23)13-7-2-1-3-8-13/h1-5,7-9,11,15H,6,10,12H2,(H,19,22)/t15-/m0/s1. The van der Waals surface area contributed by atoms with Crippen molar-refractivity contribution in [1.29, 1.82) is 0 Å². The number of piperidine rings is 1. The van der Waals surface area contributed by atoms with Crippen LogP contribution in [0.4, 0.5) is 11.4 Å². The number of para-hydroxylation sites is 2. The van der Waals surface area contributed by atoms with Crippen molar-refractivity contribution in [1.82, 2.24) is 5.32 Å². The number of amides is 2. The third-order valence-corrected chi connectivity index (χ3v) is 4.16. The van der Waals surface area contributed by atoms with Gasteiger partial charge in [0, 0.05) is 18.3 Å². The van der Waals surface area contributed by atoms with Gasteiger partial charge in [0.15, 0.2) is 0 Å². The summed E-state index contributed by atoms with van der Waals surface area (Å²) in [5.41, 5.74) is 0.456. The Bertz CT molecular complexity index is 807. The van der Waals surface area contributed by atoms with Crippen LogP contribution >= 0.6 is 0 Å². The van der Waals surface area contributed by atoms with E-state index in [0.29, 0.717) is 13.0 Å². The lowest BCUT2D eigenvalue weighted by atomic mass is 10.0. The van der Waals surface area contributed by atoms with Gasteiger partial charge in [-0.3, -0.25) is 19.7 Å². The first-order chi connectivity index (χ1) is 12.1. The highest BCUT2D eigenvalue weighted by atomic mass is 16.6. The van der Waals surface area contributed by atoms with Crippen LogP contribution in [0.2, 0.25) is 0 Å². The summed E-state index contributed by atoms with van der Waals surface area (Å²) in [6, 6.07) is 14.2. The Balaban J connectivity index is 1.78. The average Bonchev–Trinajstić information content (AvgIpc) is 2.64. The van der Waals surface area contributed by atoms with Crippen molar-refractivity contribution in [3.05, 3.63) is 70.3 Å².